The molecule has 1 aromatic heterocycles. The summed E-state index contributed by atoms with van der Waals surface area (Å²) in [7, 11) is 0. The Morgan fingerprint density at radius 3 is 2.86 bits per heavy atom. The standard InChI is InChI=1S/C15H15BrN2O3/c16-10-4-5-11-9(7-10)8-12(17-11)14(19)18-6-2-1-3-13(18)15(20)21/h4-5,7-8,13,17H,1-3,6H2,(H,20,21)/t13-/m1/s1. The van der Waals surface area contributed by atoms with Crippen molar-refractivity contribution in [3.63, 3.8) is 0 Å². The van der Waals surface area contributed by atoms with Gasteiger partial charge >= 0.3 is 5.97 Å². The van der Waals surface area contributed by atoms with Crippen LogP contribution in [0.5, 0.6) is 0 Å². The molecule has 1 fully saturated rings. The van der Waals surface area contributed by atoms with Gasteiger partial charge in [0.15, 0.2) is 0 Å². The number of hydrogen-bond acceptors (Lipinski definition) is 2. The third kappa shape index (κ3) is 2.68. The van der Waals surface area contributed by atoms with Gasteiger partial charge in [0.25, 0.3) is 5.91 Å². The number of benzene rings is 1. The van der Waals surface area contributed by atoms with Crippen LogP contribution in [0.3, 0.4) is 0 Å². The first-order valence-electron chi connectivity index (χ1n) is 6.88. The molecular weight excluding hydrogens is 336 g/mol. The number of aliphatic carboxylic acids is 1. The van der Waals surface area contributed by atoms with E-state index < -0.39 is 12.0 Å². The van der Waals surface area contributed by atoms with Crippen LogP contribution in [0.1, 0.15) is 29.8 Å². The summed E-state index contributed by atoms with van der Waals surface area (Å²) in [6, 6.07) is 6.77. The summed E-state index contributed by atoms with van der Waals surface area (Å²) >= 11 is 3.40. The maximum Gasteiger partial charge on any atom is 0.326 e. The first-order valence-corrected chi connectivity index (χ1v) is 7.67. The smallest absolute Gasteiger partial charge is 0.326 e. The molecular formula is C15H15BrN2O3. The van der Waals surface area contributed by atoms with Crippen LogP contribution in [0.2, 0.25) is 0 Å². The molecule has 0 bridgehead atoms. The summed E-state index contributed by atoms with van der Waals surface area (Å²) in [6.07, 6.45) is 2.22. The topological polar surface area (TPSA) is 73.4 Å². The lowest BCUT2D eigenvalue weighted by atomic mass is 10.0. The molecule has 1 aliphatic rings. The van der Waals surface area contributed by atoms with E-state index in [0.29, 0.717) is 18.7 Å². The van der Waals surface area contributed by atoms with E-state index in [2.05, 4.69) is 20.9 Å². The summed E-state index contributed by atoms with van der Waals surface area (Å²) < 4.78 is 0.939. The summed E-state index contributed by atoms with van der Waals surface area (Å²) in [4.78, 5) is 28.4. The van der Waals surface area contributed by atoms with E-state index in [1.165, 1.54) is 4.90 Å². The quantitative estimate of drug-likeness (QED) is 0.874. The molecule has 1 aromatic carbocycles. The number of aromatic nitrogens is 1. The predicted octanol–water partition coefficient (Wildman–Crippen LogP) is 3.01. The summed E-state index contributed by atoms with van der Waals surface area (Å²) in [5.74, 6) is -1.17. The third-order valence-corrected chi connectivity index (χ3v) is 4.36. The summed E-state index contributed by atoms with van der Waals surface area (Å²) in [5.41, 5.74) is 1.31. The van der Waals surface area contributed by atoms with Crippen molar-refractivity contribution >= 4 is 38.7 Å². The fraction of sp³-hybridized carbons (Fsp3) is 0.333. The Labute approximate surface area is 130 Å². The van der Waals surface area contributed by atoms with Gasteiger partial charge in [-0.2, -0.15) is 0 Å². The number of nitrogens with one attached hydrogen (secondary N) is 1. The van der Waals surface area contributed by atoms with Gasteiger partial charge in [0.05, 0.1) is 0 Å². The largest absolute Gasteiger partial charge is 0.480 e. The van der Waals surface area contributed by atoms with E-state index in [1.807, 2.05) is 18.2 Å². The lowest BCUT2D eigenvalue weighted by Crippen LogP contribution is -2.48. The Morgan fingerprint density at radius 2 is 2.10 bits per heavy atom. The highest BCUT2D eigenvalue weighted by molar-refractivity contribution is 9.10. The highest BCUT2D eigenvalue weighted by Crippen LogP contribution is 2.24. The molecule has 1 saturated heterocycles. The number of H-pyrrole nitrogens is 1. The highest BCUT2D eigenvalue weighted by atomic mass is 79.9. The molecule has 1 aliphatic heterocycles. The van der Waals surface area contributed by atoms with Gasteiger partial charge in [-0.15, -0.1) is 0 Å². The van der Waals surface area contributed by atoms with E-state index in [9.17, 15) is 14.7 Å². The maximum absolute atomic E-state index is 12.6. The van der Waals surface area contributed by atoms with Crippen LogP contribution in [-0.2, 0) is 4.79 Å². The van der Waals surface area contributed by atoms with Crippen LogP contribution in [0.15, 0.2) is 28.7 Å². The van der Waals surface area contributed by atoms with Gasteiger partial charge in [-0.25, -0.2) is 4.79 Å². The maximum atomic E-state index is 12.6. The van der Waals surface area contributed by atoms with Crippen molar-refractivity contribution in [1.29, 1.82) is 0 Å². The van der Waals surface area contributed by atoms with Crippen LogP contribution in [0.25, 0.3) is 10.9 Å². The second kappa shape index (κ2) is 5.52. The first-order chi connectivity index (χ1) is 10.1. The van der Waals surface area contributed by atoms with Gasteiger partial charge in [0.2, 0.25) is 0 Å². The highest BCUT2D eigenvalue weighted by Gasteiger charge is 2.33. The van der Waals surface area contributed by atoms with Crippen molar-refractivity contribution in [2.24, 2.45) is 0 Å². The van der Waals surface area contributed by atoms with Crippen LogP contribution in [0.4, 0.5) is 0 Å². The van der Waals surface area contributed by atoms with Gasteiger partial charge in [-0.3, -0.25) is 4.79 Å². The number of hydrogen-bond donors (Lipinski definition) is 2. The van der Waals surface area contributed by atoms with Crippen molar-refractivity contribution < 1.29 is 14.7 Å². The zero-order chi connectivity index (χ0) is 15.0. The fourth-order valence-electron chi connectivity index (χ4n) is 2.80. The monoisotopic (exact) mass is 350 g/mol. The molecule has 0 radical (unpaired) electrons. The van der Waals surface area contributed by atoms with E-state index in [-0.39, 0.29) is 5.91 Å². The first kappa shape index (κ1) is 14.1. The molecule has 0 saturated carbocycles. The lowest BCUT2D eigenvalue weighted by molar-refractivity contribution is -0.143. The molecule has 21 heavy (non-hydrogen) atoms. The molecule has 2 N–H and O–H groups in total. The lowest BCUT2D eigenvalue weighted by Gasteiger charge is -2.32. The van der Waals surface area contributed by atoms with Gasteiger partial charge in [0.1, 0.15) is 11.7 Å². The van der Waals surface area contributed by atoms with Crippen molar-refractivity contribution in [1.82, 2.24) is 9.88 Å². The number of aromatic amines is 1. The molecule has 0 aliphatic carbocycles. The number of nitrogens with zero attached hydrogens (tertiary/aromatic N) is 1. The number of carbonyl (C=O) groups is 2. The van der Waals surface area contributed by atoms with Crippen molar-refractivity contribution in [3.8, 4) is 0 Å². The molecule has 6 heteroatoms. The zero-order valence-corrected chi connectivity index (χ0v) is 12.9. The molecule has 1 amide bonds. The Morgan fingerprint density at radius 1 is 1.29 bits per heavy atom. The number of likely N-dealkylation sites (tertiary alicyclic amines) is 1. The number of carboxylic acids is 1. The molecule has 5 nitrogen and oxygen atoms in total. The van der Waals surface area contributed by atoms with Crippen molar-refractivity contribution in [3.05, 3.63) is 34.4 Å². The Bertz CT molecular complexity index is 710. The number of carboxylic acid groups (broad SMARTS) is 1. The number of halogens is 1. The van der Waals surface area contributed by atoms with Crippen LogP contribution < -0.4 is 0 Å². The van der Waals surface area contributed by atoms with E-state index in [1.54, 1.807) is 6.07 Å². The average Bonchev–Trinajstić information content (AvgIpc) is 2.89. The minimum absolute atomic E-state index is 0.241. The molecule has 1 atom stereocenters. The van der Waals surface area contributed by atoms with Crippen LogP contribution in [-0.4, -0.2) is 39.5 Å². The number of amides is 1. The number of carbonyl (C=O) groups excluding carboxylic acids is 1. The Kier molecular flexibility index (Phi) is 3.71. The number of rotatable bonds is 2. The van der Waals surface area contributed by atoms with Crippen molar-refractivity contribution in [2.45, 2.75) is 25.3 Å². The van der Waals surface area contributed by atoms with Crippen LogP contribution in [0, 0.1) is 0 Å². The minimum Gasteiger partial charge on any atom is -0.480 e. The van der Waals surface area contributed by atoms with Crippen LogP contribution >= 0.6 is 15.9 Å². The van der Waals surface area contributed by atoms with Gasteiger partial charge in [-0.1, -0.05) is 15.9 Å². The normalized spacial score (nSPS) is 18.9. The van der Waals surface area contributed by atoms with Gasteiger partial charge in [0, 0.05) is 21.9 Å². The number of fused-ring (bicyclic) bond motifs is 1. The Balaban J connectivity index is 1.93. The predicted molar refractivity (Wildman–Crippen MR) is 82.3 cm³/mol. The molecule has 3 rings (SSSR count). The second-order valence-corrected chi connectivity index (χ2v) is 6.18. The molecule has 2 aromatic rings. The molecule has 0 unspecified atom stereocenters. The van der Waals surface area contributed by atoms with Crippen molar-refractivity contribution in [2.75, 3.05) is 6.54 Å². The van der Waals surface area contributed by atoms with E-state index in [0.717, 1.165) is 28.2 Å². The number of piperidine rings is 1. The van der Waals surface area contributed by atoms with Gasteiger partial charge < -0.3 is 15.0 Å². The molecule has 0 spiro atoms. The minimum atomic E-state index is -0.929. The summed E-state index contributed by atoms with van der Waals surface area (Å²) in [5, 5.41) is 10.2. The van der Waals surface area contributed by atoms with E-state index in [4.69, 9.17) is 0 Å². The SMILES string of the molecule is O=C(O)[C@H]1CCCCN1C(=O)c1cc2cc(Br)ccc2[nH]1. The summed E-state index contributed by atoms with van der Waals surface area (Å²) in [6.45, 7) is 0.495. The van der Waals surface area contributed by atoms with Gasteiger partial charge in [-0.05, 0) is 43.5 Å². The second-order valence-electron chi connectivity index (χ2n) is 5.26. The fourth-order valence-corrected chi connectivity index (χ4v) is 3.18. The average molecular weight is 351 g/mol. The molecule has 110 valence electrons. The zero-order valence-electron chi connectivity index (χ0n) is 11.3. The Hall–Kier alpha value is -1.82. The van der Waals surface area contributed by atoms with E-state index >= 15 is 0 Å². The third-order valence-electron chi connectivity index (χ3n) is 3.86. The molecule has 2 heterocycles.